The highest BCUT2D eigenvalue weighted by molar-refractivity contribution is 5.95. The number of fused-ring (bicyclic) bond motifs is 1. The van der Waals surface area contributed by atoms with Gasteiger partial charge in [0.1, 0.15) is 5.75 Å². The predicted octanol–water partition coefficient (Wildman–Crippen LogP) is 5.29. The largest absolute Gasteiger partial charge is 0.497 e. The van der Waals surface area contributed by atoms with Crippen LogP contribution >= 0.6 is 0 Å². The van der Waals surface area contributed by atoms with Gasteiger partial charge < -0.3 is 9.30 Å². The highest BCUT2D eigenvalue weighted by atomic mass is 16.5. The van der Waals surface area contributed by atoms with Crippen LogP contribution in [-0.4, -0.2) is 16.7 Å². The second-order valence-electron chi connectivity index (χ2n) is 6.39. The lowest BCUT2D eigenvalue weighted by atomic mass is 10.1. The van der Waals surface area contributed by atoms with Crippen molar-refractivity contribution in [3.05, 3.63) is 59.4 Å². The van der Waals surface area contributed by atoms with E-state index in [1.165, 1.54) is 27.7 Å². The minimum Gasteiger partial charge on any atom is -0.497 e. The van der Waals surface area contributed by atoms with Crippen molar-refractivity contribution in [2.24, 2.45) is 0 Å². The van der Waals surface area contributed by atoms with Crippen molar-refractivity contribution in [3.63, 3.8) is 0 Å². The number of nitrogens with zero attached hydrogens (tertiary/aromatic N) is 2. The zero-order valence-electron chi connectivity index (χ0n) is 15.1. The Morgan fingerprint density at radius 1 is 1.12 bits per heavy atom. The Labute approximate surface area is 143 Å². The Bertz CT molecular complexity index is 898. The van der Waals surface area contributed by atoms with E-state index in [2.05, 4.69) is 56.5 Å². The van der Waals surface area contributed by atoms with Crippen molar-refractivity contribution in [2.45, 2.75) is 34.2 Å². The number of hydrogen-bond acceptors (Lipinski definition) is 2. The van der Waals surface area contributed by atoms with E-state index in [1.54, 1.807) is 7.11 Å². The van der Waals surface area contributed by atoms with Crippen molar-refractivity contribution in [1.29, 1.82) is 0 Å². The third kappa shape index (κ3) is 2.82. The number of aromatic nitrogens is 2. The van der Waals surface area contributed by atoms with Crippen LogP contribution in [0, 0.1) is 13.8 Å². The van der Waals surface area contributed by atoms with Crippen LogP contribution < -0.4 is 4.74 Å². The molecule has 3 heteroatoms. The summed E-state index contributed by atoms with van der Waals surface area (Å²) in [5, 5.41) is 1.27. The first-order valence-corrected chi connectivity index (χ1v) is 8.25. The number of allylic oxidation sites excluding steroid dienone is 2. The molecule has 0 bridgehead atoms. The highest BCUT2D eigenvalue weighted by Gasteiger charge is 2.15. The van der Waals surface area contributed by atoms with Gasteiger partial charge in [0.05, 0.1) is 18.3 Å². The Morgan fingerprint density at radius 3 is 2.46 bits per heavy atom. The lowest BCUT2D eigenvalue weighted by molar-refractivity contribution is 0.415. The highest BCUT2D eigenvalue weighted by Crippen LogP contribution is 2.33. The van der Waals surface area contributed by atoms with Crippen LogP contribution in [0.25, 0.3) is 22.2 Å². The van der Waals surface area contributed by atoms with E-state index in [0.29, 0.717) is 0 Å². The zero-order valence-corrected chi connectivity index (χ0v) is 15.1. The first kappa shape index (κ1) is 16.3. The molecule has 2 aromatic heterocycles. The Balaban J connectivity index is 2.24. The molecule has 0 fully saturated rings. The van der Waals surface area contributed by atoms with Gasteiger partial charge in [0.25, 0.3) is 0 Å². The summed E-state index contributed by atoms with van der Waals surface area (Å²) in [4.78, 5) is 4.69. The molecule has 3 rings (SSSR count). The summed E-state index contributed by atoms with van der Waals surface area (Å²) in [6.07, 6.45) is 4.16. The van der Waals surface area contributed by atoms with Crippen molar-refractivity contribution in [3.8, 4) is 17.0 Å². The van der Waals surface area contributed by atoms with Gasteiger partial charge in [0, 0.05) is 29.4 Å². The van der Waals surface area contributed by atoms with Crippen LogP contribution in [-0.2, 0) is 6.54 Å². The molecule has 0 aliphatic carbocycles. The number of hydrogen-bond donors (Lipinski definition) is 0. The number of ether oxygens (including phenoxy) is 1. The Kier molecular flexibility index (Phi) is 4.43. The number of aryl methyl sites for hydroxylation is 1. The summed E-state index contributed by atoms with van der Waals surface area (Å²) in [5.74, 6) is 0.859. The smallest absolute Gasteiger partial charge is 0.118 e. The molecule has 0 aliphatic rings. The van der Waals surface area contributed by atoms with E-state index in [1.807, 2.05) is 18.3 Å². The van der Waals surface area contributed by atoms with Crippen LogP contribution in [0.1, 0.15) is 25.1 Å². The number of methoxy groups -OCH3 is 1. The summed E-state index contributed by atoms with van der Waals surface area (Å²) < 4.78 is 7.64. The minimum atomic E-state index is 0.859. The number of pyridine rings is 1. The van der Waals surface area contributed by atoms with E-state index in [0.717, 1.165) is 23.6 Å². The van der Waals surface area contributed by atoms with E-state index >= 15 is 0 Å². The summed E-state index contributed by atoms with van der Waals surface area (Å²) in [6.45, 7) is 9.51. The third-order valence-electron chi connectivity index (χ3n) is 4.59. The fourth-order valence-electron chi connectivity index (χ4n) is 3.06. The van der Waals surface area contributed by atoms with Crippen molar-refractivity contribution < 1.29 is 4.74 Å². The van der Waals surface area contributed by atoms with Gasteiger partial charge in [-0.3, -0.25) is 4.98 Å². The van der Waals surface area contributed by atoms with Gasteiger partial charge in [-0.25, -0.2) is 0 Å². The van der Waals surface area contributed by atoms with Crippen LogP contribution in [0.4, 0.5) is 0 Å². The summed E-state index contributed by atoms with van der Waals surface area (Å²) >= 11 is 0. The average molecular weight is 320 g/mol. The fraction of sp³-hybridized carbons (Fsp3) is 0.286. The van der Waals surface area contributed by atoms with Crippen LogP contribution in [0.3, 0.4) is 0 Å². The lowest BCUT2D eigenvalue weighted by Gasteiger charge is -2.10. The van der Waals surface area contributed by atoms with Crippen molar-refractivity contribution in [1.82, 2.24) is 9.55 Å². The first-order chi connectivity index (χ1) is 11.5. The molecule has 0 aliphatic heterocycles. The first-order valence-electron chi connectivity index (χ1n) is 8.25. The van der Waals surface area contributed by atoms with Crippen LogP contribution in [0.2, 0.25) is 0 Å². The van der Waals surface area contributed by atoms with E-state index < -0.39 is 0 Å². The standard InChI is InChI=1S/C21H24N2O/c1-14(2)11-13-23-16(4)15(3)19-10-12-22-20(21(19)23)17-6-8-18(24-5)9-7-17/h6-12H,13H2,1-5H3. The maximum absolute atomic E-state index is 5.27. The Morgan fingerprint density at radius 2 is 1.83 bits per heavy atom. The molecule has 0 amide bonds. The molecule has 1 aromatic carbocycles. The molecule has 24 heavy (non-hydrogen) atoms. The van der Waals surface area contributed by atoms with Gasteiger partial charge in [-0.1, -0.05) is 11.6 Å². The molecule has 3 nitrogen and oxygen atoms in total. The average Bonchev–Trinajstić information content (AvgIpc) is 2.84. The van der Waals surface area contributed by atoms with E-state index in [-0.39, 0.29) is 0 Å². The molecule has 0 radical (unpaired) electrons. The molecule has 124 valence electrons. The maximum atomic E-state index is 5.27. The van der Waals surface area contributed by atoms with E-state index in [4.69, 9.17) is 9.72 Å². The summed E-state index contributed by atoms with van der Waals surface area (Å²) in [5.41, 5.74) is 7.28. The van der Waals surface area contributed by atoms with Gasteiger partial charge in [-0.15, -0.1) is 0 Å². The molecule has 0 atom stereocenters. The summed E-state index contributed by atoms with van der Waals surface area (Å²) in [6, 6.07) is 10.2. The molecule has 0 unspecified atom stereocenters. The van der Waals surface area contributed by atoms with Gasteiger partial charge in [-0.2, -0.15) is 0 Å². The van der Waals surface area contributed by atoms with Gasteiger partial charge in [0.2, 0.25) is 0 Å². The zero-order chi connectivity index (χ0) is 17.3. The molecule has 2 heterocycles. The number of benzene rings is 1. The van der Waals surface area contributed by atoms with Crippen molar-refractivity contribution >= 4 is 10.9 Å². The molecule has 3 aromatic rings. The third-order valence-corrected chi connectivity index (χ3v) is 4.59. The fourth-order valence-corrected chi connectivity index (χ4v) is 3.06. The number of rotatable bonds is 4. The van der Waals surface area contributed by atoms with Crippen LogP contribution in [0.5, 0.6) is 5.75 Å². The molecule has 0 saturated carbocycles. The monoisotopic (exact) mass is 320 g/mol. The van der Waals surface area contributed by atoms with E-state index in [9.17, 15) is 0 Å². The van der Waals surface area contributed by atoms with Gasteiger partial charge >= 0.3 is 0 Å². The second-order valence-corrected chi connectivity index (χ2v) is 6.39. The normalized spacial score (nSPS) is 10.9. The Hall–Kier alpha value is -2.55. The molecular formula is C21H24N2O. The molecule has 0 spiro atoms. The lowest BCUT2D eigenvalue weighted by Crippen LogP contribution is -2.00. The quantitative estimate of drug-likeness (QED) is 0.610. The van der Waals surface area contributed by atoms with Gasteiger partial charge in [0.15, 0.2) is 0 Å². The minimum absolute atomic E-state index is 0.859. The maximum Gasteiger partial charge on any atom is 0.118 e. The molecule has 0 N–H and O–H groups in total. The molecular weight excluding hydrogens is 296 g/mol. The molecule has 0 saturated heterocycles. The van der Waals surface area contributed by atoms with Crippen LogP contribution in [0.15, 0.2) is 48.2 Å². The second kappa shape index (κ2) is 6.52. The predicted molar refractivity (Wildman–Crippen MR) is 101 cm³/mol. The summed E-state index contributed by atoms with van der Waals surface area (Å²) in [7, 11) is 1.69. The SMILES string of the molecule is COc1ccc(-c2nccc3c(C)c(C)n(CC=C(C)C)c23)cc1. The topological polar surface area (TPSA) is 27.1 Å². The van der Waals surface area contributed by atoms with Gasteiger partial charge in [-0.05, 0) is 63.6 Å². The van der Waals surface area contributed by atoms with Crippen molar-refractivity contribution in [2.75, 3.05) is 7.11 Å².